The van der Waals surface area contributed by atoms with E-state index in [-0.39, 0.29) is 16.0 Å². The molecule has 0 aliphatic carbocycles. The van der Waals surface area contributed by atoms with Crippen LogP contribution in [0.25, 0.3) is 0 Å². The summed E-state index contributed by atoms with van der Waals surface area (Å²) >= 11 is 0. The predicted octanol–water partition coefficient (Wildman–Crippen LogP) is 10.4. The molecular formula is C38H56NOP. The van der Waals surface area contributed by atoms with Gasteiger partial charge in [0.05, 0.1) is 0 Å². The Labute approximate surface area is 254 Å². The summed E-state index contributed by atoms with van der Waals surface area (Å²) in [6.45, 7) is 21.6. The molecule has 0 fully saturated rings. The quantitative estimate of drug-likeness (QED) is 0.158. The molecule has 0 saturated carbocycles. The summed E-state index contributed by atoms with van der Waals surface area (Å²) in [5.41, 5.74) is 7.99. The molecule has 0 aliphatic rings. The molecule has 3 aromatic rings. The van der Waals surface area contributed by atoms with Crippen molar-refractivity contribution in [1.82, 2.24) is 0 Å². The Morgan fingerprint density at radius 3 is 2.00 bits per heavy atom. The van der Waals surface area contributed by atoms with Crippen LogP contribution in [0.5, 0.6) is 5.75 Å². The Balaban J connectivity index is 2.34. The van der Waals surface area contributed by atoms with Gasteiger partial charge in [0.25, 0.3) is 0 Å². The molecule has 0 N–H and O–H groups in total. The molecule has 0 bridgehead atoms. The van der Waals surface area contributed by atoms with E-state index in [0.717, 1.165) is 18.6 Å². The van der Waals surface area contributed by atoms with Crippen LogP contribution >= 0.6 is 8.58 Å². The maximum Gasteiger partial charge on any atom is 0.127 e. The van der Waals surface area contributed by atoms with Gasteiger partial charge in [0.2, 0.25) is 0 Å². The predicted molar refractivity (Wildman–Crippen MR) is 184 cm³/mol. The molecule has 0 amide bonds. The van der Waals surface area contributed by atoms with Crippen LogP contribution in [0.2, 0.25) is 0 Å². The van der Waals surface area contributed by atoms with Crippen molar-refractivity contribution in [3.63, 3.8) is 0 Å². The molecular weight excluding hydrogens is 517 g/mol. The highest BCUT2D eigenvalue weighted by Crippen LogP contribution is 2.55. The smallest absolute Gasteiger partial charge is 0.127 e. The van der Waals surface area contributed by atoms with Crippen LogP contribution in [-0.2, 0) is 22.6 Å². The summed E-state index contributed by atoms with van der Waals surface area (Å²) in [6.07, 6.45) is 5.95. The topological polar surface area (TPSA) is 12.5 Å². The van der Waals surface area contributed by atoms with E-state index in [1.54, 1.807) is 0 Å². The normalized spacial score (nSPS) is 13.9. The Bertz CT molecular complexity index is 1270. The van der Waals surface area contributed by atoms with Gasteiger partial charge in [-0.1, -0.05) is 138 Å². The largest absolute Gasteiger partial charge is 0.488 e. The minimum atomic E-state index is -0.0489. The molecule has 2 nitrogen and oxygen atoms in total. The molecule has 0 aromatic heterocycles. The molecule has 0 saturated heterocycles. The van der Waals surface area contributed by atoms with Crippen molar-refractivity contribution in [3.8, 4) is 5.75 Å². The molecule has 3 aromatic carbocycles. The van der Waals surface area contributed by atoms with E-state index in [2.05, 4.69) is 142 Å². The maximum atomic E-state index is 6.99. The van der Waals surface area contributed by atoms with Gasteiger partial charge in [-0.15, -0.1) is 0 Å². The monoisotopic (exact) mass is 573 g/mol. The van der Waals surface area contributed by atoms with Gasteiger partial charge < -0.3 is 9.64 Å². The van der Waals surface area contributed by atoms with E-state index < -0.39 is 0 Å². The molecule has 3 heteroatoms. The second-order valence-corrected chi connectivity index (χ2v) is 15.9. The van der Waals surface area contributed by atoms with Crippen molar-refractivity contribution in [2.45, 2.75) is 117 Å². The van der Waals surface area contributed by atoms with E-state index in [0.29, 0.717) is 15.2 Å². The van der Waals surface area contributed by atoms with Crippen molar-refractivity contribution in [2.24, 2.45) is 0 Å². The average molecular weight is 574 g/mol. The highest BCUT2D eigenvalue weighted by atomic mass is 31.1. The van der Waals surface area contributed by atoms with Gasteiger partial charge in [-0.3, -0.25) is 0 Å². The first-order chi connectivity index (χ1) is 19.2. The lowest BCUT2D eigenvalue weighted by Crippen LogP contribution is -2.28. The van der Waals surface area contributed by atoms with Crippen molar-refractivity contribution in [3.05, 3.63) is 88.5 Å². The third-order valence-corrected chi connectivity index (χ3v) is 10.4. The van der Waals surface area contributed by atoms with Crippen LogP contribution in [0.1, 0.15) is 115 Å². The molecule has 41 heavy (non-hydrogen) atoms. The van der Waals surface area contributed by atoms with Crippen LogP contribution in [0.15, 0.2) is 60.7 Å². The van der Waals surface area contributed by atoms with E-state index in [4.69, 9.17) is 4.74 Å². The zero-order valence-corrected chi connectivity index (χ0v) is 28.9. The lowest BCUT2D eigenvalue weighted by atomic mass is 9.76. The summed E-state index contributed by atoms with van der Waals surface area (Å²) in [6, 6.07) is 22.6. The lowest BCUT2D eigenvalue weighted by molar-refractivity contribution is 0.288. The Morgan fingerprint density at radius 2 is 1.44 bits per heavy atom. The van der Waals surface area contributed by atoms with Gasteiger partial charge in [0.1, 0.15) is 12.4 Å². The number of ether oxygens (including phenoxy) is 1. The molecule has 224 valence electrons. The van der Waals surface area contributed by atoms with E-state index >= 15 is 0 Å². The molecule has 0 heterocycles. The Kier molecular flexibility index (Phi) is 11.2. The summed E-state index contributed by atoms with van der Waals surface area (Å²) in [5.74, 6) is 1.11. The maximum absolute atomic E-state index is 6.99. The Hall–Kier alpha value is -2.31. The second kappa shape index (κ2) is 13.8. The minimum Gasteiger partial charge on any atom is -0.488 e. The summed E-state index contributed by atoms with van der Waals surface area (Å²) in [5, 5.41) is 1.44. The Morgan fingerprint density at radius 1 is 0.780 bits per heavy atom. The SMILES string of the molecule is CCCCCC(CC)(Pc1ccc(C)cc1N(C)C)c1cc(C(C)(C)C)cc(C(C)(C)C)c1OCc1ccccc1. The molecule has 0 radical (unpaired) electrons. The fourth-order valence-electron chi connectivity index (χ4n) is 5.63. The first kappa shape index (κ1) is 33.2. The van der Waals surface area contributed by atoms with Gasteiger partial charge >= 0.3 is 0 Å². The number of hydrogen-bond acceptors (Lipinski definition) is 2. The number of hydrogen-bond donors (Lipinski definition) is 0. The summed E-state index contributed by atoms with van der Waals surface area (Å²) in [4.78, 5) is 2.29. The van der Waals surface area contributed by atoms with Crippen molar-refractivity contribution in [1.29, 1.82) is 0 Å². The third-order valence-electron chi connectivity index (χ3n) is 8.32. The fraction of sp³-hybridized carbons (Fsp3) is 0.526. The first-order valence-electron chi connectivity index (χ1n) is 15.6. The summed E-state index contributed by atoms with van der Waals surface area (Å²) in [7, 11) is 5.01. The average Bonchev–Trinajstić information content (AvgIpc) is 2.91. The number of nitrogens with zero attached hydrogens (tertiary/aromatic N) is 1. The zero-order valence-electron chi connectivity index (χ0n) is 27.9. The van der Waals surface area contributed by atoms with Gasteiger partial charge in [-0.2, -0.15) is 0 Å². The lowest BCUT2D eigenvalue weighted by Gasteiger charge is -2.39. The second-order valence-electron chi connectivity index (χ2n) is 14.1. The minimum absolute atomic E-state index is 0.0114. The molecule has 2 atom stereocenters. The van der Waals surface area contributed by atoms with Gasteiger partial charge in [0.15, 0.2) is 0 Å². The van der Waals surface area contributed by atoms with Crippen LogP contribution < -0.4 is 14.9 Å². The number of aryl methyl sites for hydroxylation is 1. The van der Waals surface area contributed by atoms with Crippen LogP contribution in [0.4, 0.5) is 5.69 Å². The van der Waals surface area contributed by atoms with Crippen molar-refractivity contribution in [2.75, 3.05) is 19.0 Å². The van der Waals surface area contributed by atoms with Gasteiger partial charge in [-0.25, -0.2) is 0 Å². The van der Waals surface area contributed by atoms with E-state index in [1.807, 2.05) is 0 Å². The molecule has 0 aliphatic heterocycles. The third kappa shape index (κ3) is 8.38. The van der Waals surface area contributed by atoms with Gasteiger partial charge in [-0.05, 0) is 58.7 Å². The molecule has 0 spiro atoms. The number of rotatable bonds is 12. The number of anilines is 1. The molecule has 3 rings (SSSR count). The standard InChI is InChI=1S/C38H56NOP/c1-12-14-18-23-38(13-2,41-34-22-21-28(3)24-33(34)39(10)11)32-26-30(36(4,5)6)25-31(37(7,8)9)35(32)40-27-29-19-16-15-17-20-29/h15-17,19-22,24-26,41H,12-14,18,23,27H2,1-11H3. The van der Waals surface area contributed by atoms with Crippen LogP contribution in [0.3, 0.4) is 0 Å². The van der Waals surface area contributed by atoms with Crippen molar-refractivity contribution >= 4 is 19.6 Å². The van der Waals surface area contributed by atoms with Crippen molar-refractivity contribution < 1.29 is 4.74 Å². The van der Waals surface area contributed by atoms with Gasteiger partial charge in [0, 0.05) is 36.1 Å². The molecule has 2 unspecified atom stereocenters. The summed E-state index contributed by atoms with van der Waals surface area (Å²) < 4.78 is 6.99. The fourth-order valence-corrected chi connectivity index (χ4v) is 7.54. The van der Waals surface area contributed by atoms with E-state index in [1.165, 1.54) is 58.1 Å². The van der Waals surface area contributed by atoms with Crippen LogP contribution in [0, 0.1) is 6.92 Å². The first-order valence-corrected chi connectivity index (χ1v) is 16.6. The number of benzene rings is 3. The van der Waals surface area contributed by atoms with Crippen LogP contribution in [-0.4, -0.2) is 14.1 Å². The highest BCUT2D eigenvalue weighted by Gasteiger charge is 2.38. The van der Waals surface area contributed by atoms with E-state index in [9.17, 15) is 0 Å². The zero-order chi connectivity index (χ0) is 30.4. The highest BCUT2D eigenvalue weighted by molar-refractivity contribution is 7.49. The number of unbranched alkanes of at least 4 members (excludes halogenated alkanes) is 2.